The SMILES string of the molecule is CCCNc1ncnc(-c2sccc2Br)c1OC. The van der Waals surface area contributed by atoms with Crippen molar-refractivity contribution in [2.75, 3.05) is 19.0 Å². The number of methoxy groups -OCH3 is 1. The van der Waals surface area contributed by atoms with Crippen molar-refractivity contribution in [3.63, 3.8) is 0 Å². The zero-order valence-electron chi connectivity index (χ0n) is 10.2. The van der Waals surface area contributed by atoms with Crippen molar-refractivity contribution in [3.05, 3.63) is 22.2 Å². The van der Waals surface area contributed by atoms with E-state index in [0.717, 1.165) is 33.8 Å². The predicted molar refractivity (Wildman–Crippen MR) is 78.4 cm³/mol. The highest BCUT2D eigenvalue weighted by molar-refractivity contribution is 9.10. The summed E-state index contributed by atoms with van der Waals surface area (Å²) in [5.41, 5.74) is 0.813. The normalized spacial score (nSPS) is 10.4. The van der Waals surface area contributed by atoms with Gasteiger partial charge in [-0.2, -0.15) is 0 Å². The summed E-state index contributed by atoms with van der Waals surface area (Å²) >= 11 is 5.14. The van der Waals surface area contributed by atoms with E-state index in [1.807, 2.05) is 11.4 Å². The molecule has 4 nitrogen and oxygen atoms in total. The van der Waals surface area contributed by atoms with Crippen LogP contribution in [0.15, 0.2) is 22.2 Å². The molecule has 2 heterocycles. The van der Waals surface area contributed by atoms with E-state index < -0.39 is 0 Å². The Hall–Kier alpha value is -1.14. The molecule has 2 rings (SSSR count). The van der Waals surface area contributed by atoms with Crippen molar-refractivity contribution >= 4 is 33.1 Å². The molecular formula is C12H14BrN3OS. The van der Waals surface area contributed by atoms with Gasteiger partial charge in [0.05, 0.1) is 12.0 Å². The molecule has 2 aromatic rings. The Labute approximate surface area is 119 Å². The molecule has 1 N–H and O–H groups in total. The first-order chi connectivity index (χ1) is 8.77. The molecule has 0 aliphatic carbocycles. The highest BCUT2D eigenvalue weighted by Crippen LogP contribution is 2.39. The fraction of sp³-hybridized carbons (Fsp3) is 0.333. The molecule has 0 fully saturated rings. The summed E-state index contributed by atoms with van der Waals surface area (Å²) in [7, 11) is 1.64. The van der Waals surface area contributed by atoms with Crippen LogP contribution in [0, 0.1) is 0 Å². The van der Waals surface area contributed by atoms with Crippen molar-refractivity contribution in [2.24, 2.45) is 0 Å². The first-order valence-electron chi connectivity index (χ1n) is 5.64. The standard InChI is InChI=1S/C12H14BrN3OS/c1-3-5-14-12-10(17-2)9(15-7-16-12)11-8(13)4-6-18-11/h4,6-7H,3,5H2,1-2H3,(H,14,15,16). The van der Waals surface area contributed by atoms with Crippen molar-refractivity contribution in [2.45, 2.75) is 13.3 Å². The quantitative estimate of drug-likeness (QED) is 0.907. The van der Waals surface area contributed by atoms with Crippen LogP contribution in [0.3, 0.4) is 0 Å². The largest absolute Gasteiger partial charge is 0.491 e. The van der Waals surface area contributed by atoms with Crippen LogP contribution in [-0.2, 0) is 0 Å². The Bertz CT molecular complexity index is 530. The van der Waals surface area contributed by atoms with Gasteiger partial charge in [0.2, 0.25) is 0 Å². The summed E-state index contributed by atoms with van der Waals surface area (Å²) in [4.78, 5) is 9.61. The third kappa shape index (κ3) is 2.64. The molecule has 0 aliphatic rings. The number of thiophene rings is 1. The molecule has 6 heteroatoms. The van der Waals surface area contributed by atoms with Crippen LogP contribution in [0.5, 0.6) is 5.75 Å². The maximum absolute atomic E-state index is 5.45. The third-order valence-corrected chi connectivity index (χ3v) is 4.23. The number of ether oxygens (including phenoxy) is 1. The second kappa shape index (κ2) is 6.15. The molecule has 0 atom stereocenters. The molecule has 0 unspecified atom stereocenters. The number of halogens is 1. The monoisotopic (exact) mass is 327 g/mol. The van der Waals surface area contributed by atoms with Gasteiger partial charge in [0.15, 0.2) is 11.6 Å². The topological polar surface area (TPSA) is 47.0 Å². The highest BCUT2D eigenvalue weighted by Gasteiger charge is 2.16. The second-order valence-corrected chi connectivity index (χ2v) is 5.40. The fourth-order valence-corrected chi connectivity index (χ4v) is 3.11. The van der Waals surface area contributed by atoms with Crippen molar-refractivity contribution < 1.29 is 4.74 Å². The molecule has 0 bridgehead atoms. The van der Waals surface area contributed by atoms with E-state index in [1.165, 1.54) is 0 Å². The molecule has 18 heavy (non-hydrogen) atoms. The van der Waals surface area contributed by atoms with Gasteiger partial charge in [0.1, 0.15) is 12.0 Å². The molecule has 0 saturated carbocycles. The Morgan fingerprint density at radius 2 is 2.28 bits per heavy atom. The lowest BCUT2D eigenvalue weighted by atomic mass is 10.3. The number of aromatic nitrogens is 2. The van der Waals surface area contributed by atoms with Crippen LogP contribution in [0.2, 0.25) is 0 Å². The minimum absolute atomic E-state index is 0.689. The van der Waals surface area contributed by atoms with Crippen LogP contribution in [0.4, 0.5) is 5.82 Å². The molecule has 96 valence electrons. The zero-order chi connectivity index (χ0) is 13.0. The number of hydrogen-bond acceptors (Lipinski definition) is 5. The minimum atomic E-state index is 0.689. The van der Waals surface area contributed by atoms with E-state index in [2.05, 4.69) is 38.1 Å². The third-order valence-electron chi connectivity index (χ3n) is 2.38. The van der Waals surface area contributed by atoms with Crippen LogP contribution in [0.1, 0.15) is 13.3 Å². The zero-order valence-corrected chi connectivity index (χ0v) is 12.6. The summed E-state index contributed by atoms with van der Waals surface area (Å²) in [5.74, 6) is 1.43. The Balaban J connectivity index is 2.45. The number of nitrogens with one attached hydrogen (secondary N) is 1. The molecule has 0 saturated heterocycles. The Morgan fingerprint density at radius 3 is 2.89 bits per heavy atom. The Kier molecular flexibility index (Phi) is 4.54. The summed E-state index contributed by atoms with van der Waals surface area (Å²) in [6.07, 6.45) is 2.59. The lowest BCUT2D eigenvalue weighted by Crippen LogP contribution is -2.05. The lowest BCUT2D eigenvalue weighted by molar-refractivity contribution is 0.414. The molecule has 0 radical (unpaired) electrons. The van der Waals surface area contributed by atoms with Gasteiger partial charge in [-0.3, -0.25) is 0 Å². The van der Waals surface area contributed by atoms with Gasteiger partial charge in [-0.25, -0.2) is 9.97 Å². The maximum Gasteiger partial charge on any atom is 0.188 e. The maximum atomic E-state index is 5.45. The van der Waals surface area contributed by atoms with E-state index in [9.17, 15) is 0 Å². The second-order valence-electron chi connectivity index (χ2n) is 3.63. The van der Waals surface area contributed by atoms with Gasteiger partial charge < -0.3 is 10.1 Å². The number of anilines is 1. The van der Waals surface area contributed by atoms with Crippen LogP contribution >= 0.6 is 27.3 Å². The van der Waals surface area contributed by atoms with E-state index >= 15 is 0 Å². The van der Waals surface area contributed by atoms with Crippen LogP contribution < -0.4 is 10.1 Å². The van der Waals surface area contributed by atoms with Crippen molar-refractivity contribution in [1.29, 1.82) is 0 Å². The minimum Gasteiger partial charge on any atom is -0.491 e. The van der Waals surface area contributed by atoms with Crippen LogP contribution in [0.25, 0.3) is 10.6 Å². The van der Waals surface area contributed by atoms with Gasteiger partial charge >= 0.3 is 0 Å². The van der Waals surface area contributed by atoms with Gasteiger partial charge in [-0.1, -0.05) is 6.92 Å². The molecule has 0 aromatic carbocycles. The molecule has 0 spiro atoms. The fourth-order valence-electron chi connectivity index (χ4n) is 1.56. The molecule has 0 amide bonds. The molecule has 0 aliphatic heterocycles. The average Bonchev–Trinajstić information content (AvgIpc) is 2.81. The first kappa shape index (κ1) is 13.3. The average molecular weight is 328 g/mol. The summed E-state index contributed by atoms with van der Waals surface area (Å²) in [6, 6.07) is 2.00. The van der Waals surface area contributed by atoms with Crippen molar-refractivity contribution in [3.8, 4) is 16.3 Å². The number of hydrogen-bond donors (Lipinski definition) is 1. The number of rotatable bonds is 5. The molecular weight excluding hydrogens is 314 g/mol. The summed E-state index contributed by atoms with van der Waals surface area (Å²) in [5, 5.41) is 5.26. The smallest absolute Gasteiger partial charge is 0.188 e. The summed E-state index contributed by atoms with van der Waals surface area (Å²) in [6.45, 7) is 2.97. The molecule has 2 aromatic heterocycles. The van der Waals surface area contributed by atoms with E-state index in [4.69, 9.17) is 4.74 Å². The van der Waals surface area contributed by atoms with E-state index in [0.29, 0.717) is 5.75 Å². The summed E-state index contributed by atoms with van der Waals surface area (Å²) < 4.78 is 6.47. The van der Waals surface area contributed by atoms with Gasteiger partial charge in [0, 0.05) is 11.0 Å². The predicted octanol–water partition coefficient (Wildman–Crippen LogP) is 3.80. The van der Waals surface area contributed by atoms with E-state index in [1.54, 1.807) is 24.8 Å². The first-order valence-corrected chi connectivity index (χ1v) is 7.31. The highest BCUT2D eigenvalue weighted by atomic mass is 79.9. The van der Waals surface area contributed by atoms with Gasteiger partial charge in [0.25, 0.3) is 0 Å². The van der Waals surface area contributed by atoms with Crippen molar-refractivity contribution in [1.82, 2.24) is 9.97 Å². The lowest BCUT2D eigenvalue weighted by Gasteiger charge is -2.12. The number of nitrogens with zero attached hydrogens (tertiary/aromatic N) is 2. The Morgan fingerprint density at radius 1 is 1.44 bits per heavy atom. The van der Waals surface area contributed by atoms with E-state index in [-0.39, 0.29) is 0 Å². The van der Waals surface area contributed by atoms with Crippen LogP contribution in [-0.4, -0.2) is 23.6 Å². The van der Waals surface area contributed by atoms with Gasteiger partial charge in [-0.15, -0.1) is 11.3 Å². The van der Waals surface area contributed by atoms with Gasteiger partial charge in [-0.05, 0) is 33.8 Å².